The number of carbonyl (C=O) groups is 3. The number of carboxylic acids is 1. The van der Waals surface area contributed by atoms with Crippen LogP contribution in [0.1, 0.15) is 44.6 Å². The highest BCUT2D eigenvalue weighted by Crippen LogP contribution is 2.28. The summed E-state index contributed by atoms with van der Waals surface area (Å²) in [7, 11) is -1.36. The number of hydrogen-bond donors (Lipinski definition) is 3. The summed E-state index contributed by atoms with van der Waals surface area (Å²) in [5, 5.41) is 12.3. The summed E-state index contributed by atoms with van der Waals surface area (Å²) < 4.78 is 19.0. The van der Waals surface area contributed by atoms with Crippen molar-refractivity contribution in [1.82, 2.24) is 19.8 Å². The van der Waals surface area contributed by atoms with Crippen LogP contribution >= 0.6 is 0 Å². The monoisotopic (exact) mass is 653 g/mol. The SMILES string of the molecule is CC(C)(C)OC(=O)N(CCC(=O)O)C[C@H](NC(=O)OCc1ccccc1)c1nc(-c2ccccc2N)cn1COCC[Si](C)(C)C. The number of nitrogens with zero attached hydrogens (tertiary/aromatic N) is 3. The summed E-state index contributed by atoms with van der Waals surface area (Å²) in [5.74, 6) is -0.716. The Kier molecular flexibility index (Phi) is 12.8. The van der Waals surface area contributed by atoms with Gasteiger partial charge in [-0.1, -0.05) is 68.2 Å². The molecule has 3 rings (SSSR count). The lowest BCUT2D eigenvalue weighted by atomic mass is 10.1. The normalized spacial score (nSPS) is 12.3. The molecule has 46 heavy (non-hydrogen) atoms. The first kappa shape index (κ1) is 36.1. The van der Waals surface area contributed by atoms with Crippen molar-refractivity contribution >= 4 is 31.9 Å². The maximum atomic E-state index is 13.3. The molecule has 0 bridgehead atoms. The predicted octanol–water partition coefficient (Wildman–Crippen LogP) is 6.12. The number of amides is 2. The topological polar surface area (TPSA) is 158 Å². The number of imidazole rings is 1. The van der Waals surface area contributed by atoms with Gasteiger partial charge in [-0.2, -0.15) is 0 Å². The van der Waals surface area contributed by atoms with Gasteiger partial charge in [0.25, 0.3) is 0 Å². The molecule has 0 aliphatic carbocycles. The number of nitrogens with two attached hydrogens (primary N) is 1. The van der Waals surface area contributed by atoms with Crippen LogP contribution in [0, 0.1) is 0 Å². The van der Waals surface area contributed by atoms with Crippen LogP contribution in [0.2, 0.25) is 25.7 Å². The lowest BCUT2D eigenvalue weighted by molar-refractivity contribution is -0.137. The second-order valence-corrected chi connectivity index (χ2v) is 18.8. The second-order valence-electron chi connectivity index (χ2n) is 13.2. The third-order valence-electron chi connectivity index (χ3n) is 6.74. The largest absolute Gasteiger partial charge is 0.481 e. The Labute approximate surface area is 271 Å². The van der Waals surface area contributed by atoms with Crippen molar-refractivity contribution in [3.63, 3.8) is 0 Å². The molecule has 13 heteroatoms. The van der Waals surface area contributed by atoms with Crippen molar-refractivity contribution in [1.29, 1.82) is 0 Å². The van der Waals surface area contributed by atoms with Gasteiger partial charge in [0, 0.05) is 38.7 Å². The number of para-hydroxylation sites is 1. The number of aromatic nitrogens is 2. The number of nitrogen functional groups attached to an aromatic ring is 1. The van der Waals surface area contributed by atoms with Crippen LogP contribution in [-0.4, -0.2) is 71.1 Å². The maximum Gasteiger partial charge on any atom is 0.410 e. The number of alkyl carbamates (subject to hydrolysis) is 1. The minimum atomic E-state index is -1.36. The molecule has 250 valence electrons. The van der Waals surface area contributed by atoms with Gasteiger partial charge in [0.05, 0.1) is 18.7 Å². The van der Waals surface area contributed by atoms with E-state index in [-0.39, 0.29) is 32.8 Å². The maximum absolute atomic E-state index is 13.3. The van der Waals surface area contributed by atoms with Crippen molar-refractivity contribution in [2.45, 2.75) is 77.9 Å². The number of anilines is 1. The molecule has 0 fully saturated rings. The van der Waals surface area contributed by atoms with E-state index >= 15 is 0 Å². The van der Waals surface area contributed by atoms with Gasteiger partial charge >= 0.3 is 18.2 Å². The molecule has 0 saturated carbocycles. The highest BCUT2D eigenvalue weighted by Gasteiger charge is 2.30. The van der Waals surface area contributed by atoms with E-state index in [0.29, 0.717) is 29.4 Å². The standard InChI is InChI=1S/C33H47N5O7Si/c1-33(2,3)45-32(42)37(17-16-29(39)40)21-28(36-31(41)44-22-24-12-8-7-9-13-24)30-35-27(25-14-10-11-15-26(25)34)20-38(30)23-43-18-19-46(4,5)6/h7-15,20,28H,16-19,21-23,34H2,1-6H3,(H,36,41)(H,39,40)/t28-/m0/s1. The molecule has 0 aliphatic rings. The lowest BCUT2D eigenvalue weighted by Gasteiger charge is -2.30. The third-order valence-corrected chi connectivity index (χ3v) is 8.44. The zero-order valence-corrected chi connectivity index (χ0v) is 28.6. The van der Waals surface area contributed by atoms with Crippen molar-refractivity contribution in [3.05, 3.63) is 72.2 Å². The number of hydrogen-bond acceptors (Lipinski definition) is 8. The smallest absolute Gasteiger partial charge is 0.410 e. The van der Waals surface area contributed by atoms with Gasteiger partial charge in [-0.3, -0.25) is 4.79 Å². The Balaban J connectivity index is 2.01. The van der Waals surface area contributed by atoms with E-state index in [1.54, 1.807) is 37.6 Å². The molecule has 1 aromatic heterocycles. The van der Waals surface area contributed by atoms with Gasteiger partial charge in [0.15, 0.2) is 0 Å². The van der Waals surface area contributed by atoms with Crippen LogP contribution in [0.5, 0.6) is 0 Å². The molecule has 3 aromatic rings. The van der Waals surface area contributed by atoms with Crippen LogP contribution in [0.25, 0.3) is 11.3 Å². The van der Waals surface area contributed by atoms with Crippen LogP contribution in [0.3, 0.4) is 0 Å². The summed E-state index contributed by atoms with van der Waals surface area (Å²) in [4.78, 5) is 44.2. The van der Waals surface area contributed by atoms with Gasteiger partial charge in [0.1, 0.15) is 30.8 Å². The number of ether oxygens (including phenoxy) is 3. The quantitative estimate of drug-likeness (QED) is 0.0998. The van der Waals surface area contributed by atoms with Crippen LogP contribution < -0.4 is 11.1 Å². The molecular formula is C33H47N5O7Si. The zero-order chi connectivity index (χ0) is 33.9. The zero-order valence-electron chi connectivity index (χ0n) is 27.6. The van der Waals surface area contributed by atoms with Crippen LogP contribution in [-0.2, 0) is 32.3 Å². The molecule has 2 aromatic carbocycles. The molecule has 0 aliphatic heterocycles. The molecule has 0 saturated heterocycles. The molecule has 4 N–H and O–H groups in total. The fourth-order valence-corrected chi connectivity index (χ4v) is 5.10. The number of aliphatic carboxylic acids is 1. The highest BCUT2D eigenvalue weighted by molar-refractivity contribution is 6.76. The van der Waals surface area contributed by atoms with E-state index < -0.39 is 37.9 Å². The summed E-state index contributed by atoms with van der Waals surface area (Å²) >= 11 is 0. The molecule has 0 spiro atoms. The Morgan fingerprint density at radius 2 is 1.74 bits per heavy atom. The first-order chi connectivity index (χ1) is 21.6. The molecule has 0 radical (unpaired) electrons. The lowest BCUT2D eigenvalue weighted by Crippen LogP contribution is -2.44. The molecule has 0 unspecified atom stereocenters. The van der Waals surface area contributed by atoms with Crippen LogP contribution in [0.15, 0.2) is 60.8 Å². The van der Waals surface area contributed by atoms with E-state index in [0.717, 1.165) is 11.6 Å². The Bertz CT molecular complexity index is 1450. The van der Waals surface area contributed by atoms with Crippen molar-refractivity contribution < 1.29 is 33.7 Å². The van der Waals surface area contributed by atoms with Gasteiger partial charge in [-0.15, -0.1) is 0 Å². The summed E-state index contributed by atoms with van der Waals surface area (Å²) in [6.07, 6.45) is -0.0135. The third kappa shape index (κ3) is 12.2. The average molecular weight is 654 g/mol. The van der Waals surface area contributed by atoms with Gasteiger partial charge < -0.3 is 39.8 Å². The Morgan fingerprint density at radius 1 is 1.07 bits per heavy atom. The molecule has 2 amide bonds. The van der Waals surface area contributed by atoms with Crippen molar-refractivity contribution in [2.24, 2.45) is 0 Å². The molecular weight excluding hydrogens is 606 g/mol. The number of nitrogens with one attached hydrogen (secondary N) is 1. The number of rotatable bonds is 15. The average Bonchev–Trinajstić information content (AvgIpc) is 3.39. The van der Waals surface area contributed by atoms with E-state index in [2.05, 4.69) is 25.0 Å². The van der Waals surface area contributed by atoms with Gasteiger partial charge in [0.2, 0.25) is 0 Å². The molecule has 1 heterocycles. The van der Waals surface area contributed by atoms with Crippen molar-refractivity contribution in [2.75, 3.05) is 25.4 Å². The Morgan fingerprint density at radius 3 is 2.37 bits per heavy atom. The first-order valence-electron chi connectivity index (χ1n) is 15.3. The number of carbonyl (C=O) groups excluding carboxylic acids is 2. The van der Waals surface area contributed by atoms with Crippen molar-refractivity contribution in [3.8, 4) is 11.3 Å². The highest BCUT2D eigenvalue weighted by atomic mass is 28.3. The Hall–Kier alpha value is -4.36. The van der Waals surface area contributed by atoms with E-state index in [9.17, 15) is 19.5 Å². The van der Waals surface area contributed by atoms with Gasteiger partial charge in [-0.05, 0) is 38.4 Å². The number of benzene rings is 2. The number of carboxylic acid groups (broad SMARTS) is 1. The fraction of sp³-hybridized carbons (Fsp3) is 0.455. The molecule has 1 atom stereocenters. The van der Waals surface area contributed by atoms with E-state index in [4.69, 9.17) is 24.9 Å². The molecule has 12 nitrogen and oxygen atoms in total. The minimum Gasteiger partial charge on any atom is -0.481 e. The fourth-order valence-electron chi connectivity index (χ4n) is 4.35. The van der Waals surface area contributed by atoms with E-state index in [1.165, 1.54) is 4.90 Å². The van der Waals surface area contributed by atoms with Crippen LogP contribution in [0.4, 0.5) is 15.3 Å². The summed E-state index contributed by atoms with van der Waals surface area (Å²) in [5.41, 5.74) is 7.99. The first-order valence-corrected chi connectivity index (χ1v) is 19.0. The van der Waals surface area contributed by atoms with E-state index in [1.807, 2.05) is 48.5 Å². The summed E-state index contributed by atoms with van der Waals surface area (Å²) in [6.45, 7) is 12.3. The summed E-state index contributed by atoms with van der Waals surface area (Å²) in [6, 6.07) is 16.5. The van der Waals surface area contributed by atoms with Gasteiger partial charge in [-0.25, -0.2) is 14.6 Å². The minimum absolute atomic E-state index is 0.0221. The second kappa shape index (κ2) is 16.3. The predicted molar refractivity (Wildman–Crippen MR) is 179 cm³/mol.